The number of nitrogens with one attached hydrogen (secondary N) is 1. The van der Waals surface area contributed by atoms with Crippen LogP contribution >= 0.6 is 0 Å². The average Bonchev–Trinajstić information content (AvgIpc) is 2.37. The van der Waals surface area contributed by atoms with Gasteiger partial charge in [0.05, 0.1) is 5.41 Å². The van der Waals surface area contributed by atoms with Crippen LogP contribution in [0.4, 0.5) is 0 Å². The quantitative estimate of drug-likeness (QED) is 0.715. The highest BCUT2D eigenvalue weighted by Crippen LogP contribution is 2.31. The van der Waals surface area contributed by atoms with Gasteiger partial charge in [0.15, 0.2) is 0 Å². The third-order valence-corrected chi connectivity index (χ3v) is 3.94. The maximum Gasteiger partial charge on any atom is 0.310 e. The number of carboxylic acids is 1. The van der Waals surface area contributed by atoms with Crippen LogP contribution in [-0.2, 0) is 9.59 Å². The molecule has 0 radical (unpaired) electrons. The summed E-state index contributed by atoms with van der Waals surface area (Å²) in [5.74, 6) is -1.01. The van der Waals surface area contributed by atoms with Gasteiger partial charge >= 0.3 is 5.97 Å². The number of rotatable bonds is 6. The lowest BCUT2D eigenvalue weighted by Gasteiger charge is -2.27. The summed E-state index contributed by atoms with van der Waals surface area (Å²) in [6.45, 7) is 3.66. The summed E-state index contributed by atoms with van der Waals surface area (Å²) in [5.41, 5.74) is -0.908. The second-order valence-electron chi connectivity index (χ2n) is 5.02. The van der Waals surface area contributed by atoms with E-state index in [0.29, 0.717) is 12.8 Å². The van der Waals surface area contributed by atoms with Gasteiger partial charge in [-0.05, 0) is 32.1 Å². The molecule has 0 saturated carbocycles. The van der Waals surface area contributed by atoms with E-state index in [4.69, 9.17) is 0 Å². The van der Waals surface area contributed by atoms with Crippen molar-refractivity contribution in [1.82, 2.24) is 5.32 Å². The van der Waals surface area contributed by atoms with E-state index in [1.807, 2.05) is 13.8 Å². The summed E-state index contributed by atoms with van der Waals surface area (Å²) in [6, 6.07) is 0.169. The predicted octanol–water partition coefficient (Wildman–Crippen LogP) is 2.49. The Morgan fingerprint density at radius 3 is 2.44 bits per heavy atom. The first-order valence-electron chi connectivity index (χ1n) is 6.72. The standard InChI is InChI=1S/C14H23NO3/c1-3-14(4-2,13(17)18)10-12(16)15-11-8-6-5-7-9-11/h5-6,11H,3-4,7-10H2,1-2H3,(H,15,16)(H,17,18). The summed E-state index contributed by atoms with van der Waals surface area (Å²) in [7, 11) is 0. The molecule has 1 amide bonds. The fraction of sp³-hybridized carbons (Fsp3) is 0.714. The predicted molar refractivity (Wildman–Crippen MR) is 70.2 cm³/mol. The minimum Gasteiger partial charge on any atom is -0.481 e. The maximum absolute atomic E-state index is 12.0. The molecule has 18 heavy (non-hydrogen) atoms. The molecule has 0 aliphatic heterocycles. The molecule has 0 aromatic carbocycles. The smallest absolute Gasteiger partial charge is 0.310 e. The Morgan fingerprint density at radius 2 is 2.00 bits per heavy atom. The van der Waals surface area contributed by atoms with E-state index in [2.05, 4.69) is 17.5 Å². The molecule has 1 unspecified atom stereocenters. The monoisotopic (exact) mass is 253 g/mol. The zero-order valence-electron chi connectivity index (χ0n) is 11.2. The molecular weight excluding hydrogens is 230 g/mol. The molecule has 0 aromatic rings. The maximum atomic E-state index is 12.0. The first kappa shape index (κ1) is 14.7. The van der Waals surface area contributed by atoms with Gasteiger partial charge in [0.2, 0.25) is 5.91 Å². The average molecular weight is 253 g/mol. The minimum absolute atomic E-state index is 0.0789. The normalized spacial score (nSPS) is 19.6. The van der Waals surface area contributed by atoms with Gasteiger partial charge in [-0.25, -0.2) is 0 Å². The number of carbonyl (C=O) groups is 2. The molecule has 1 atom stereocenters. The van der Waals surface area contributed by atoms with E-state index >= 15 is 0 Å². The number of hydrogen-bond acceptors (Lipinski definition) is 2. The molecule has 102 valence electrons. The van der Waals surface area contributed by atoms with Gasteiger partial charge < -0.3 is 10.4 Å². The molecule has 0 spiro atoms. The molecule has 1 aliphatic carbocycles. The number of allylic oxidation sites excluding steroid dienone is 1. The molecule has 4 heteroatoms. The molecule has 0 aromatic heterocycles. The second kappa shape index (κ2) is 6.57. The Balaban J connectivity index is 2.56. The molecular formula is C14H23NO3. The Labute approximate surface area is 108 Å². The highest BCUT2D eigenvalue weighted by atomic mass is 16.4. The number of carbonyl (C=O) groups excluding carboxylic acids is 1. The lowest BCUT2D eigenvalue weighted by Crippen LogP contribution is -2.41. The number of carboxylic acid groups (broad SMARTS) is 1. The SMILES string of the molecule is CCC(CC)(CC(=O)NC1CC=CCC1)C(=O)O. The Morgan fingerprint density at radius 1 is 1.33 bits per heavy atom. The highest BCUT2D eigenvalue weighted by molar-refractivity contribution is 5.85. The van der Waals surface area contributed by atoms with Gasteiger partial charge in [-0.15, -0.1) is 0 Å². The Hall–Kier alpha value is -1.32. The van der Waals surface area contributed by atoms with Crippen LogP contribution in [0.25, 0.3) is 0 Å². The van der Waals surface area contributed by atoms with Crippen molar-refractivity contribution >= 4 is 11.9 Å². The third kappa shape index (κ3) is 3.59. The summed E-state index contributed by atoms with van der Waals surface area (Å²) >= 11 is 0. The molecule has 0 saturated heterocycles. The molecule has 0 fully saturated rings. The largest absolute Gasteiger partial charge is 0.481 e. The van der Waals surface area contributed by atoms with Gasteiger partial charge in [-0.3, -0.25) is 9.59 Å². The van der Waals surface area contributed by atoms with Crippen molar-refractivity contribution in [3.05, 3.63) is 12.2 Å². The number of hydrogen-bond donors (Lipinski definition) is 2. The number of amides is 1. The molecule has 4 nitrogen and oxygen atoms in total. The van der Waals surface area contributed by atoms with Gasteiger partial charge in [-0.2, -0.15) is 0 Å². The van der Waals surface area contributed by atoms with Crippen LogP contribution in [0.1, 0.15) is 52.4 Å². The minimum atomic E-state index is -0.908. The zero-order chi connectivity index (χ0) is 13.6. The van der Waals surface area contributed by atoms with Gasteiger partial charge in [0, 0.05) is 12.5 Å². The second-order valence-corrected chi connectivity index (χ2v) is 5.02. The highest BCUT2D eigenvalue weighted by Gasteiger charge is 2.37. The first-order chi connectivity index (χ1) is 8.54. The fourth-order valence-electron chi connectivity index (χ4n) is 2.39. The van der Waals surface area contributed by atoms with Crippen molar-refractivity contribution in [2.75, 3.05) is 0 Å². The van der Waals surface area contributed by atoms with Gasteiger partial charge in [-0.1, -0.05) is 26.0 Å². The number of aliphatic carboxylic acids is 1. The van der Waals surface area contributed by atoms with Crippen molar-refractivity contribution in [2.45, 2.75) is 58.4 Å². The molecule has 2 N–H and O–H groups in total. The van der Waals surface area contributed by atoms with Crippen LogP contribution < -0.4 is 5.32 Å². The van der Waals surface area contributed by atoms with E-state index in [1.54, 1.807) is 0 Å². The zero-order valence-corrected chi connectivity index (χ0v) is 11.2. The summed E-state index contributed by atoms with van der Waals surface area (Å²) in [6.07, 6.45) is 8.01. The van der Waals surface area contributed by atoms with Crippen molar-refractivity contribution in [2.24, 2.45) is 5.41 Å². The van der Waals surface area contributed by atoms with Crippen LogP contribution in [0.5, 0.6) is 0 Å². The molecule has 1 rings (SSSR count). The topological polar surface area (TPSA) is 66.4 Å². The van der Waals surface area contributed by atoms with Crippen LogP contribution in [-0.4, -0.2) is 23.0 Å². The van der Waals surface area contributed by atoms with Crippen LogP contribution in [0.2, 0.25) is 0 Å². The fourth-order valence-corrected chi connectivity index (χ4v) is 2.39. The summed E-state index contributed by atoms with van der Waals surface area (Å²) in [5, 5.41) is 12.2. The van der Waals surface area contributed by atoms with E-state index in [1.165, 1.54) is 0 Å². The Kier molecular flexibility index (Phi) is 5.38. The van der Waals surface area contributed by atoms with Crippen molar-refractivity contribution in [3.63, 3.8) is 0 Å². The third-order valence-electron chi connectivity index (χ3n) is 3.94. The first-order valence-corrected chi connectivity index (χ1v) is 6.72. The van der Waals surface area contributed by atoms with E-state index in [0.717, 1.165) is 19.3 Å². The molecule has 0 bridgehead atoms. The lowest BCUT2D eigenvalue weighted by molar-refractivity contribution is -0.152. The van der Waals surface area contributed by atoms with Gasteiger partial charge in [0.25, 0.3) is 0 Å². The van der Waals surface area contributed by atoms with Crippen molar-refractivity contribution in [3.8, 4) is 0 Å². The van der Waals surface area contributed by atoms with Crippen molar-refractivity contribution in [1.29, 1.82) is 0 Å². The summed E-state index contributed by atoms with van der Waals surface area (Å²) in [4.78, 5) is 23.3. The molecule has 0 heterocycles. The van der Waals surface area contributed by atoms with Crippen LogP contribution in [0, 0.1) is 5.41 Å². The lowest BCUT2D eigenvalue weighted by atomic mass is 9.79. The van der Waals surface area contributed by atoms with Crippen LogP contribution in [0.3, 0.4) is 0 Å². The van der Waals surface area contributed by atoms with Crippen molar-refractivity contribution < 1.29 is 14.7 Å². The van der Waals surface area contributed by atoms with E-state index < -0.39 is 11.4 Å². The van der Waals surface area contributed by atoms with Crippen LogP contribution in [0.15, 0.2) is 12.2 Å². The Bertz CT molecular complexity index is 332. The summed E-state index contributed by atoms with van der Waals surface area (Å²) < 4.78 is 0. The van der Waals surface area contributed by atoms with E-state index in [9.17, 15) is 14.7 Å². The van der Waals surface area contributed by atoms with Gasteiger partial charge in [0.1, 0.15) is 0 Å². The molecule has 1 aliphatic rings. The van der Waals surface area contributed by atoms with E-state index in [-0.39, 0.29) is 18.4 Å².